The summed E-state index contributed by atoms with van der Waals surface area (Å²) in [6.07, 6.45) is 2.36. The van der Waals surface area contributed by atoms with Gasteiger partial charge in [0.05, 0.1) is 6.61 Å². The Morgan fingerprint density at radius 1 is 1.25 bits per heavy atom. The molecule has 0 atom stereocenters. The summed E-state index contributed by atoms with van der Waals surface area (Å²) < 4.78 is 5.21. The van der Waals surface area contributed by atoms with E-state index in [0.717, 1.165) is 37.0 Å². The van der Waals surface area contributed by atoms with Crippen molar-refractivity contribution in [2.24, 2.45) is 0 Å². The lowest BCUT2D eigenvalue weighted by Gasteiger charge is -2.30. The van der Waals surface area contributed by atoms with Crippen LogP contribution in [0.1, 0.15) is 26.7 Å². The number of hydrogen-bond acceptors (Lipinski definition) is 3. The Morgan fingerprint density at radius 3 is 2.60 bits per heavy atom. The van der Waals surface area contributed by atoms with E-state index in [9.17, 15) is 0 Å². The summed E-state index contributed by atoms with van der Waals surface area (Å²) in [4.78, 5) is 2.50. The third-order valence-corrected chi connectivity index (χ3v) is 3.83. The molecule has 114 valence electrons. The number of methoxy groups -OCH3 is 1. The summed E-state index contributed by atoms with van der Waals surface area (Å²) >= 11 is 5.98. The molecule has 1 N–H and O–H groups in total. The minimum Gasteiger partial charge on any atom is -0.384 e. The second-order valence-electron chi connectivity index (χ2n) is 4.94. The van der Waals surface area contributed by atoms with Crippen LogP contribution in [0.25, 0.3) is 0 Å². The number of benzene rings is 1. The van der Waals surface area contributed by atoms with Crippen LogP contribution in [0.15, 0.2) is 24.3 Å². The first-order chi connectivity index (χ1) is 9.71. The van der Waals surface area contributed by atoms with Crippen LogP contribution in [0.4, 0.5) is 5.69 Å². The van der Waals surface area contributed by atoms with Crippen molar-refractivity contribution in [3.05, 3.63) is 29.3 Å². The molecule has 0 radical (unpaired) electrons. The van der Waals surface area contributed by atoms with Gasteiger partial charge in [-0.15, -0.1) is 0 Å². The molecule has 0 saturated carbocycles. The van der Waals surface area contributed by atoms with Crippen LogP contribution in [0.3, 0.4) is 0 Å². The fourth-order valence-electron chi connectivity index (χ4n) is 2.43. The standard InChI is InChI=1S/C16H27ClN2O/c1-4-16(5-2)19(11-12-20-3)10-9-18-15-8-6-7-14(17)13-15/h6-8,13,16,18H,4-5,9-12H2,1-3H3. The first-order valence-corrected chi connectivity index (χ1v) is 7.81. The molecule has 0 aliphatic rings. The summed E-state index contributed by atoms with van der Waals surface area (Å²) in [6, 6.07) is 8.49. The number of rotatable bonds is 10. The van der Waals surface area contributed by atoms with Crippen molar-refractivity contribution >= 4 is 17.3 Å². The van der Waals surface area contributed by atoms with E-state index in [1.54, 1.807) is 7.11 Å². The van der Waals surface area contributed by atoms with E-state index < -0.39 is 0 Å². The molecule has 0 bridgehead atoms. The Labute approximate surface area is 128 Å². The molecule has 0 amide bonds. The number of ether oxygens (including phenoxy) is 1. The third-order valence-electron chi connectivity index (χ3n) is 3.59. The fraction of sp³-hybridized carbons (Fsp3) is 0.625. The predicted molar refractivity (Wildman–Crippen MR) is 87.8 cm³/mol. The monoisotopic (exact) mass is 298 g/mol. The van der Waals surface area contributed by atoms with Gasteiger partial charge in [0, 0.05) is 43.5 Å². The average molecular weight is 299 g/mol. The Hall–Kier alpha value is -0.770. The molecule has 0 fully saturated rings. The highest BCUT2D eigenvalue weighted by Crippen LogP contribution is 2.15. The van der Waals surface area contributed by atoms with Crippen LogP contribution in [-0.2, 0) is 4.74 Å². The normalized spacial score (nSPS) is 11.3. The third kappa shape index (κ3) is 6.12. The van der Waals surface area contributed by atoms with E-state index in [1.165, 1.54) is 12.8 Å². The predicted octanol–water partition coefficient (Wildman–Crippen LogP) is 3.89. The molecule has 20 heavy (non-hydrogen) atoms. The molecule has 0 aromatic heterocycles. The van der Waals surface area contributed by atoms with Crippen molar-refractivity contribution in [2.45, 2.75) is 32.7 Å². The topological polar surface area (TPSA) is 24.5 Å². The Balaban J connectivity index is 2.44. The van der Waals surface area contributed by atoms with E-state index in [0.29, 0.717) is 6.04 Å². The maximum Gasteiger partial charge on any atom is 0.0589 e. The van der Waals surface area contributed by atoms with Gasteiger partial charge in [0.15, 0.2) is 0 Å². The molecular weight excluding hydrogens is 272 g/mol. The van der Waals surface area contributed by atoms with Gasteiger partial charge in [-0.05, 0) is 31.0 Å². The number of nitrogens with one attached hydrogen (secondary N) is 1. The molecule has 1 aromatic rings. The fourth-order valence-corrected chi connectivity index (χ4v) is 2.62. The van der Waals surface area contributed by atoms with E-state index >= 15 is 0 Å². The minimum atomic E-state index is 0.631. The molecule has 3 nitrogen and oxygen atoms in total. The second kappa shape index (κ2) is 10.0. The Morgan fingerprint density at radius 2 is 2.00 bits per heavy atom. The largest absolute Gasteiger partial charge is 0.384 e. The molecule has 0 aliphatic heterocycles. The van der Waals surface area contributed by atoms with Crippen molar-refractivity contribution in [3.63, 3.8) is 0 Å². The van der Waals surface area contributed by atoms with Crippen LogP contribution in [0.2, 0.25) is 5.02 Å². The zero-order chi connectivity index (χ0) is 14.8. The number of anilines is 1. The highest BCUT2D eigenvalue weighted by Gasteiger charge is 2.14. The van der Waals surface area contributed by atoms with E-state index in [1.807, 2.05) is 24.3 Å². The van der Waals surface area contributed by atoms with Gasteiger partial charge in [0.1, 0.15) is 0 Å². The highest BCUT2D eigenvalue weighted by atomic mass is 35.5. The Bertz CT molecular complexity index is 369. The summed E-state index contributed by atoms with van der Waals surface area (Å²) in [5.74, 6) is 0. The quantitative estimate of drug-likeness (QED) is 0.709. The van der Waals surface area contributed by atoms with E-state index in [2.05, 4.69) is 24.1 Å². The van der Waals surface area contributed by atoms with Gasteiger partial charge < -0.3 is 10.1 Å². The molecule has 0 unspecified atom stereocenters. The molecule has 1 aromatic carbocycles. The van der Waals surface area contributed by atoms with E-state index in [4.69, 9.17) is 16.3 Å². The van der Waals surface area contributed by atoms with Crippen LogP contribution >= 0.6 is 11.6 Å². The lowest BCUT2D eigenvalue weighted by molar-refractivity contribution is 0.118. The Kier molecular flexibility index (Phi) is 8.67. The van der Waals surface area contributed by atoms with Gasteiger partial charge in [-0.2, -0.15) is 0 Å². The van der Waals surface area contributed by atoms with Crippen molar-refractivity contribution in [1.82, 2.24) is 4.90 Å². The van der Waals surface area contributed by atoms with Crippen LogP contribution in [-0.4, -0.2) is 44.3 Å². The molecule has 0 heterocycles. The molecule has 0 spiro atoms. The summed E-state index contributed by atoms with van der Waals surface area (Å²) in [5, 5.41) is 4.20. The summed E-state index contributed by atoms with van der Waals surface area (Å²) in [5.41, 5.74) is 1.08. The zero-order valence-corrected chi connectivity index (χ0v) is 13.6. The van der Waals surface area contributed by atoms with Gasteiger partial charge in [0.2, 0.25) is 0 Å². The summed E-state index contributed by atoms with van der Waals surface area (Å²) in [7, 11) is 1.76. The average Bonchev–Trinajstić information content (AvgIpc) is 2.45. The first-order valence-electron chi connectivity index (χ1n) is 7.43. The maximum atomic E-state index is 5.98. The van der Waals surface area contributed by atoms with Crippen LogP contribution < -0.4 is 5.32 Å². The van der Waals surface area contributed by atoms with Gasteiger partial charge in [-0.25, -0.2) is 0 Å². The second-order valence-corrected chi connectivity index (χ2v) is 5.37. The SMILES string of the molecule is CCC(CC)N(CCNc1cccc(Cl)c1)CCOC. The van der Waals surface area contributed by atoms with Crippen LogP contribution in [0.5, 0.6) is 0 Å². The van der Waals surface area contributed by atoms with E-state index in [-0.39, 0.29) is 0 Å². The highest BCUT2D eigenvalue weighted by molar-refractivity contribution is 6.30. The molecule has 0 aliphatic carbocycles. The number of halogens is 1. The van der Waals surface area contributed by atoms with Crippen molar-refractivity contribution in [2.75, 3.05) is 38.7 Å². The maximum absolute atomic E-state index is 5.98. The minimum absolute atomic E-state index is 0.631. The number of nitrogens with zero attached hydrogens (tertiary/aromatic N) is 1. The summed E-state index contributed by atoms with van der Waals surface area (Å²) in [6.45, 7) is 8.20. The lowest BCUT2D eigenvalue weighted by Crippen LogP contribution is -2.40. The van der Waals surface area contributed by atoms with Gasteiger partial charge in [-0.3, -0.25) is 4.90 Å². The first kappa shape index (κ1) is 17.3. The molecule has 4 heteroatoms. The van der Waals surface area contributed by atoms with Gasteiger partial charge in [0.25, 0.3) is 0 Å². The molecular formula is C16H27ClN2O. The van der Waals surface area contributed by atoms with Crippen molar-refractivity contribution in [1.29, 1.82) is 0 Å². The van der Waals surface area contributed by atoms with Crippen molar-refractivity contribution in [3.8, 4) is 0 Å². The lowest BCUT2D eigenvalue weighted by atomic mass is 10.1. The number of hydrogen-bond donors (Lipinski definition) is 1. The van der Waals surface area contributed by atoms with Gasteiger partial charge >= 0.3 is 0 Å². The van der Waals surface area contributed by atoms with Crippen molar-refractivity contribution < 1.29 is 4.74 Å². The van der Waals surface area contributed by atoms with Crippen LogP contribution in [0, 0.1) is 0 Å². The smallest absolute Gasteiger partial charge is 0.0589 e. The molecule has 1 rings (SSSR count). The molecule has 0 saturated heterocycles. The zero-order valence-electron chi connectivity index (χ0n) is 12.9. The van der Waals surface area contributed by atoms with Gasteiger partial charge in [-0.1, -0.05) is 31.5 Å².